The second kappa shape index (κ2) is 9.76. The molecule has 2 aliphatic rings. The van der Waals surface area contributed by atoms with E-state index in [-0.39, 0.29) is 0 Å². The van der Waals surface area contributed by atoms with Gasteiger partial charge in [0.25, 0.3) is 0 Å². The van der Waals surface area contributed by atoms with E-state index in [0.29, 0.717) is 41.7 Å². The van der Waals surface area contributed by atoms with Gasteiger partial charge in [-0.2, -0.15) is 15.0 Å². The number of hydrogen-bond acceptors (Lipinski definition) is 9. The number of piperazine rings is 1. The fourth-order valence-electron chi connectivity index (χ4n) is 4.05. The fraction of sp³-hybridized carbons (Fsp3) is 0.391. The minimum atomic E-state index is 0.549. The first-order valence-corrected chi connectivity index (χ1v) is 11.4. The summed E-state index contributed by atoms with van der Waals surface area (Å²) in [6.45, 7) is 6.03. The molecule has 10 heteroatoms. The Hall–Kier alpha value is -3.17. The Bertz CT molecular complexity index is 1090. The zero-order valence-corrected chi connectivity index (χ0v) is 19.3. The molecule has 0 radical (unpaired) electrons. The van der Waals surface area contributed by atoms with E-state index in [0.717, 1.165) is 50.6 Å². The van der Waals surface area contributed by atoms with Crippen molar-refractivity contribution in [3.8, 4) is 17.1 Å². The van der Waals surface area contributed by atoms with Crippen LogP contribution in [0.3, 0.4) is 0 Å². The van der Waals surface area contributed by atoms with E-state index < -0.39 is 0 Å². The van der Waals surface area contributed by atoms with Crippen LogP contribution < -0.4 is 19.4 Å². The van der Waals surface area contributed by atoms with Gasteiger partial charge in [0.2, 0.25) is 11.9 Å². The Kier molecular flexibility index (Phi) is 6.41. The van der Waals surface area contributed by atoms with Gasteiger partial charge < -0.3 is 24.2 Å². The number of morpholine rings is 1. The topological polar surface area (TPSA) is 79.7 Å². The highest BCUT2D eigenvalue weighted by atomic mass is 35.5. The molecule has 2 aromatic heterocycles. The number of ether oxygens (including phenoxy) is 2. The number of methoxy groups -OCH3 is 1. The van der Waals surface area contributed by atoms with Crippen molar-refractivity contribution in [3.05, 3.63) is 47.6 Å². The minimum absolute atomic E-state index is 0.549. The molecule has 2 saturated heterocycles. The van der Waals surface area contributed by atoms with E-state index in [4.69, 9.17) is 36.0 Å². The quantitative estimate of drug-likeness (QED) is 0.562. The van der Waals surface area contributed by atoms with Crippen molar-refractivity contribution in [2.45, 2.75) is 0 Å². The summed E-state index contributed by atoms with van der Waals surface area (Å²) in [5, 5.41) is 0.602. The maximum atomic E-state index is 6.30. The molecular weight excluding hydrogens is 442 g/mol. The van der Waals surface area contributed by atoms with Gasteiger partial charge in [-0.05, 0) is 30.3 Å². The summed E-state index contributed by atoms with van der Waals surface area (Å²) < 4.78 is 11.1. The lowest BCUT2D eigenvalue weighted by atomic mass is 10.2. The van der Waals surface area contributed by atoms with E-state index in [9.17, 15) is 0 Å². The molecule has 0 aliphatic carbocycles. The summed E-state index contributed by atoms with van der Waals surface area (Å²) in [4.78, 5) is 25.6. The van der Waals surface area contributed by atoms with Crippen LogP contribution in [0, 0.1) is 0 Å². The fourth-order valence-corrected chi connectivity index (χ4v) is 4.22. The molecule has 33 heavy (non-hydrogen) atoms. The predicted molar refractivity (Wildman–Crippen MR) is 129 cm³/mol. The maximum absolute atomic E-state index is 6.30. The standard InChI is InChI=1S/C23H26ClN7O2/c1-32-19-6-5-17(24)16-18(19)21-26-22(28-23(27-21)31-12-14-33-15-13-31)30-10-8-29(9-11-30)20-4-2-3-7-25-20/h2-7,16H,8-15H2,1H3. The molecule has 5 rings (SSSR count). The van der Waals surface area contributed by atoms with Crippen LogP contribution in [0.5, 0.6) is 5.75 Å². The van der Waals surface area contributed by atoms with Gasteiger partial charge in [-0.3, -0.25) is 0 Å². The van der Waals surface area contributed by atoms with Gasteiger partial charge in [0, 0.05) is 50.5 Å². The Morgan fingerprint density at radius 1 is 0.848 bits per heavy atom. The molecule has 0 unspecified atom stereocenters. The third-order valence-corrected chi connectivity index (χ3v) is 6.08. The molecule has 9 nitrogen and oxygen atoms in total. The normalized spacial score (nSPS) is 16.7. The highest BCUT2D eigenvalue weighted by molar-refractivity contribution is 6.30. The monoisotopic (exact) mass is 467 g/mol. The first kappa shape index (κ1) is 21.7. The van der Waals surface area contributed by atoms with Gasteiger partial charge in [-0.25, -0.2) is 4.98 Å². The van der Waals surface area contributed by atoms with Crippen molar-refractivity contribution in [2.24, 2.45) is 0 Å². The van der Waals surface area contributed by atoms with Crippen molar-refractivity contribution >= 4 is 29.3 Å². The van der Waals surface area contributed by atoms with Crippen molar-refractivity contribution < 1.29 is 9.47 Å². The van der Waals surface area contributed by atoms with Crippen molar-refractivity contribution in [3.63, 3.8) is 0 Å². The van der Waals surface area contributed by atoms with Crippen LogP contribution in [0.25, 0.3) is 11.4 Å². The Balaban J connectivity index is 1.47. The number of benzene rings is 1. The lowest BCUT2D eigenvalue weighted by Crippen LogP contribution is -2.47. The van der Waals surface area contributed by atoms with E-state index >= 15 is 0 Å². The molecule has 172 valence electrons. The second-order valence-corrected chi connectivity index (χ2v) is 8.30. The number of halogens is 1. The summed E-state index contributed by atoms with van der Waals surface area (Å²) in [7, 11) is 1.63. The van der Waals surface area contributed by atoms with Crippen LogP contribution in [-0.2, 0) is 4.74 Å². The first-order valence-electron chi connectivity index (χ1n) is 11.0. The van der Waals surface area contributed by atoms with E-state index in [1.807, 2.05) is 36.5 Å². The number of anilines is 3. The molecule has 0 amide bonds. The van der Waals surface area contributed by atoms with Gasteiger partial charge in [-0.1, -0.05) is 17.7 Å². The smallest absolute Gasteiger partial charge is 0.230 e. The van der Waals surface area contributed by atoms with Gasteiger partial charge >= 0.3 is 0 Å². The first-order chi connectivity index (χ1) is 16.2. The van der Waals surface area contributed by atoms with Gasteiger partial charge in [0.15, 0.2) is 5.82 Å². The van der Waals surface area contributed by atoms with Crippen molar-refractivity contribution in [1.29, 1.82) is 0 Å². The maximum Gasteiger partial charge on any atom is 0.230 e. The van der Waals surface area contributed by atoms with Crippen molar-refractivity contribution in [2.75, 3.05) is 74.3 Å². The van der Waals surface area contributed by atoms with Crippen LogP contribution in [0.1, 0.15) is 0 Å². The summed E-state index contributed by atoms with van der Waals surface area (Å²) >= 11 is 6.30. The number of rotatable bonds is 5. The average Bonchev–Trinajstić information content (AvgIpc) is 2.89. The van der Waals surface area contributed by atoms with Crippen LogP contribution in [0.4, 0.5) is 17.7 Å². The molecule has 2 aliphatic heterocycles. The zero-order chi connectivity index (χ0) is 22.6. The average molecular weight is 468 g/mol. The molecule has 4 heterocycles. The molecular formula is C23H26ClN7O2. The van der Waals surface area contributed by atoms with Gasteiger partial charge in [0.05, 0.1) is 25.9 Å². The van der Waals surface area contributed by atoms with E-state index in [1.165, 1.54) is 0 Å². The minimum Gasteiger partial charge on any atom is -0.496 e. The SMILES string of the molecule is COc1ccc(Cl)cc1-c1nc(N2CCOCC2)nc(N2CCN(c3ccccn3)CC2)n1. The summed E-state index contributed by atoms with van der Waals surface area (Å²) in [5.74, 6) is 3.51. The third-order valence-electron chi connectivity index (χ3n) is 5.84. The molecule has 0 saturated carbocycles. The molecule has 3 aromatic rings. The Labute approximate surface area is 198 Å². The number of hydrogen-bond donors (Lipinski definition) is 0. The van der Waals surface area contributed by atoms with E-state index in [2.05, 4.69) is 19.7 Å². The largest absolute Gasteiger partial charge is 0.496 e. The van der Waals surface area contributed by atoms with Crippen molar-refractivity contribution in [1.82, 2.24) is 19.9 Å². The van der Waals surface area contributed by atoms with Gasteiger partial charge in [0.1, 0.15) is 11.6 Å². The lowest BCUT2D eigenvalue weighted by Gasteiger charge is -2.36. The Morgan fingerprint density at radius 3 is 2.21 bits per heavy atom. The van der Waals surface area contributed by atoms with Crippen LogP contribution in [0.2, 0.25) is 5.02 Å². The molecule has 0 bridgehead atoms. The second-order valence-electron chi connectivity index (χ2n) is 7.87. The highest BCUT2D eigenvalue weighted by Gasteiger charge is 2.24. The van der Waals surface area contributed by atoms with E-state index in [1.54, 1.807) is 13.2 Å². The number of nitrogens with zero attached hydrogens (tertiary/aromatic N) is 7. The molecule has 1 aromatic carbocycles. The molecule has 2 fully saturated rings. The van der Waals surface area contributed by atoms with Gasteiger partial charge in [-0.15, -0.1) is 0 Å². The molecule has 0 atom stereocenters. The summed E-state index contributed by atoms with van der Waals surface area (Å²) in [5.41, 5.74) is 0.746. The number of aromatic nitrogens is 4. The predicted octanol–water partition coefficient (Wildman–Crippen LogP) is 2.76. The zero-order valence-electron chi connectivity index (χ0n) is 18.5. The van der Waals surface area contributed by atoms with Crippen LogP contribution >= 0.6 is 11.6 Å². The van der Waals surface area contributed by atoms with Crippen LogP contribution in [-0.4, -0.2) is 79.5 Å². The highest BCUT2D eigenvalue weighted by Crippen LogP contribution is 2.32. The molecule has 0 N–H and O–H groups in total. The molecule has 0 spiro atoms. The van der Waals surface area contributed by atoms with Crippen LogP contribution in [0.15, 0.2) is 42.6 Å². The summed E-state index contributed by atoms with van der Waals surface area (Å²) in [6, 6.07) is 11.5. The lowest BCUT2D eigenvalue weighted by molar-refractivity contribution is 0.122. The number of pyridine rings is 1. The summed E-state index contributed by atoms with van der Waals surface area (Å²) in [6.07, 6.45) is 1.83. The third kappa shape index (κ3) is 4.79. The Morgan fingerprint density at radius 2 is 1.55 bits per heavy atom.